The lowest BCUT2D eigenvalue weighted by atomic mass is 10.3. The van der Waals surface area contributed by atoms with Crippen molar-refractivity contribution in [3.8, 4) is 5.75 Å². The molecule has 19 heavy (non-hydrogen) atoms. The van der Waals surface area contributed by atoms with Gasteiger partial charge in [0.2, 0.25) is 5.75 Å². The van der Waals surface area contributed by atoms with Crippen LogP contribution in [0.2, 0.25) is 0 Å². The summed E-state index contributed by atoms with van der Waals surface area (Å²) in [7, 11) is 1.54. The number of nitrogen functional groups attached to an aromatic ring is 1. The molecule has 0 bridgehead atoms. The molecule has 0 aromatic carbocycles. The Morgan fingerprint density at radius 2 is 2.11 bits per heavy atom. The highest BCUT2D eigenvalue weighted by atomic mass is 32.1. The maximum atomic E-state index is 5.38. The van der Waals surface area contributed by atoms with Gasteiger partial charge in [-0.1, -0.05) is 0 Å². The van der Waals surface area contributed by atoms with Crippen LogP contribution in [0, 0.1) is 6.92 Å². The summed E-state index contributed by atoms with van der Waals surface area (Å²) in [5.41, 5.74) is 3.48. The first kappa shape index (κ1) is 13.5. The molecule has 0 aliphatic rings. The monoisotopic (exact) mass is 280 g/mol. The number of nitrogens with zero attached hydrogens (tertiary/aromatic N) is 3. The maximum Gasteiger partial charge on any atom is 0.205 e. The third-order valence-corrected chi connectivity index (χ3v) is 3.65. The molecule has 2 aromatic rings. The van der Waals surface area contributed by atoms with E-state index >= 15 is 0 Å². The van der Waals surface area contributed by atoms with Crippen molar-refractivity contribution < 1.29 is 4.74 Å². The summed E-state index contributed by atoms with van der Waals surface area (Å²) in [6.45, 7) is 3.98. The topological polar surface area (TPSA) is 98.0 Å². The van der Waals surface area contributed by atoms with Crippen LogP contribution >= 0.6 is 11.3 Å². The maximum absolute atomic E-state index is 5.38. The van der Waals surface area contributed by atoms with Gasteiger partial charge in [0.05, 0.1) is 13.2 Å². The minimum Gasteiger partial charge on any atom is -0.490 e. The molecule has 2 heterocycles. The Balaban J connectivity index is 2.23. The number of aryl methyl sites for hydroxylation is 1. The molecule has 8 heteroatoms. The standard InChI is InChI=1S/C11H16N6OS/c1-6-4-19-11(15-6)7(2)16-9-8(18-3)10(17-12)14-5-13-9/h4-5,7H,12H2,1-3H3,(H2,13,14,16,17). The summed E-state index contributed by atoms with van der Waals surface area (Å²) in [5, 5.41) is 6.24. The molecule has 0 aliphatic heterocycles. The molecule has 1 unspecified atom stereocenters. The number of thiazole rings is 1. The SMILES string of the molecule is COc1c(NN)ncnc1NC(C)c1nc(C)cs1. The molecule has 0 radical (unpaired) electrons. The molecule has 0 spiro atoms. The number of aromatic nitrogens is 3. The van der Waals surface area contributed by atoms with Gasteiger partial charge >= 0.3 is 0 Å². The lowest BCUT2D eigenvalue weighted by Crippen LogP contribution is -2.14. The molecule has 1 atom stereocenters. The van der Waals surface area contributed by atoms with E-state index in [1.807, 2.05) is 19.2 Å². The fourth-order valence-electron chi connectivity index (χ4n) is 1.61. The average molecular weight is 280 g/mol. The van der Waals surface area contributed by atoms with Gasteiger partial charge in [-0.2, -0.15) is 0 Å². The molecule has 0 amide bonds. The Bertz CT molecular complexity index is 558. The van der Waals surface area contributed by atoms with E-state index in [9.17, 15) is 0 Å². The number of ether oxygens (including phenoxy) is 1. The molecular formula is C11H16N6OS. The lowest BCUT2D eigenvalue weighted by molar-refractivity contribution is 0.414. The number of anilines is 2. The normalized spacial score (nSPS) is 12.0. The van der Waals surface area contributed by atoms with Crippen LogP contribution in [0.15, 0.2) is 11.7 Å². The van der Waals surface area contributed by atoms with Crippen molar-refractivity contribution in [2.24, 2.45) is 5.84 Å². The summed E-state index contributed by atoms with van der Waals surface area (Å²) in [6, 6.07) is 0.0214. The highest BCUT2D eigenvalue weighted by Crippen LogP contribution is 2.31. The average Bonchev–Trinajstić information content (AvgIpc) is 2.85. The second kappa shape index (κ2) is 5.81. The van der Waals surface area contributed by atoms with Gasteiger partial charge < -0.3 is 15.5 Å². The minimum atomic E-state index is 0.0214. The van der Waals surface area contributed by atoms with Crippen LogP contribution in [0.5, 0.6) is 5.75 Å². The molecule has 0 aliphatic carbocycles. The summed E-state index contributed by atoms with van der Waals surface area (Å²) in [6.07, 6.45) is 1.42. The number of nitrogens with two attached hydrogens (primary N) is 1. The van der Waals surface area contributed by atoms with Crippen LogP contribution in [0.3, 0.4) is 0 Å². The summed E-state index contributed by atoms with van der Waals surface area (Å²) < 4.78 is 5.26. The van der Waals surface area contributed by atoms with Crippen molar-refractivity contribution >= 4 is 23.0 Å². The van der Waals surface area contributed by atoms with E-state index in [1.54, 1.807) is 18.4 Å². The van der Waals surface area contributed by atoms with Crippen molar-refractivity contribution in [3.63, 3.8) is 0 Å². The van der Waals surface area contributed by atoms with E-state index in [1.165, 1.54) is 6.33 Å². The Morgan fingerprint density at radius 3 is 2.68 bits per heavy atom. The Kier molecular flexibility index (Phi) is 4.13. The van der Waals surface area contributed by atoms with Crippen LogP contribution in [-0.2, 0) is 0 Å². The zero-order chi connectivity index (χ0) is 13.8. The highest BCUT2D eigenvalue weighted by Gasteiger charge is 2.16. The Morgan fingerprint density at radius 1 is 1.37 bits per heavy atom. The molecule has 2 aromatic heterocycles. The lowest BCUT2D eigenvalue weighted by Gasteiger charge is -2.15. The van der Waals surface area contributed by atoms with E-state index in [-0.39, 0.29) is 6.04 Å². The molecular weight excluding hydrogens is 264 g/mol. The zero-order valence-corrected chi connectivity index (χ0v) is 11.8. The number of hydrogen-bond acceptors (Lipinski definition) is 8. The number of hydrazine groups is 1. The first-order valence-corrected chi connectivity index (χ1v) is 6.57. The second-order valence-electron chi connectivity index (χ2n) is 3.94. The van der Waals surface area contributed by atoms with Crippen LogP contribution in [0.4, 0.5) is 11.6 Å². The number of methoxy groups -OCH3 is 1. The van der Waals surface area contributed by atoms with Gasteiger partial charge in [0.25, 0.3) is 0 Å². The van der Waals surface area contributed by atoms with Gasteiger partial charge in [-0.05, 0) is 13.8 Å². The molecule has 7 nitrogen and oxygen atoms in total. The van der Waals surface area contributed by atoms with E-state index in [0.717, 1.165) is 10.7 Å². The van der Waals surface area contributed by atoms with Gasteiger partial charge in [-0.25, -0.2) is 20.8 Å². The summed E-state index contributed by atoms with van der Waals surface area (Å²) in [5.74, 6) is 6.87. The smallest absolute Gasteiger partial charge is 0.205 e. The van der Waals surface area contributed by atoms with Crippen molar-refractivity contribution in [3.05, 3.63) is 22.4 Å². The number of rotatable bonds is 5. The molecule has 0 saturated heterocycles. The van der Waals surface area contributed by atoms with Crippen LogP contribution in [0.1, 0.15) is 23.7 Å². The van der Waals surface area contributed by atoms with Crippen molar-refractivity contribution in [1.29, 1.82) is 0 Å². The molecule has 4 N–H and O–H groups in total. The van der Waals surface area contributed by atoms with Crippen LogP contribution < -0.4 is 21.3 Å². The van der Waals surface area contributed by atoms with Gasteiger partial charge in [0.15, 0.2) is 11.6 Å². The second-order valence-corrected chi connectivity index (χ2v) is 4.83. The Hall–Kier alpha value is -1.93. The van der Waals surface area contributed by atoms with Gasteiger partial charge in [-0.15, -0.1) is 11.3 Å². The fraction of sp³-hybridized carbons (Fsp3) is 0.364. The molecule has 2 rings (SSSR count). The predicted octanol–water partition coefficient (Wildman–Crippen LogP) is 1.71. The zero-order valence-electron chi connectivity index (χ0n) is 11.0. The largest absolute Gasteiger partial charge is 0.490 e. The first-order chi connectivity index (χ1) is 9.15. The predicted molar refractivity (Wildman–Crippen MR) is 75.3 cm³/mol. The minimum absolute atomic E-state index is 0.0214. The van der Waals surface area contributed by atoms with Crippen molar-refractivity contribution in [2.75, 3.05) is 17.9 Å². The van der Waals surface area contributed by atoms with Crippen molar-refractivity contribution in [1.82, 2.24) is 15.0 Å². The van der Waals surface area contributed by atoms with Gasteiger partial charge in [0.1, 0.15) is 11.3 Å². The van der Waals surface area contributed by atoms with Crippen molar-refractivity contribution in [2.45, 2.75) is 19.9 Å². The Labute approximate surface area is 115 Å². The van der Waals surface area contributed by atoms with Gasteiger partial charge in [-0.3, -0.25) is 0 Å². The van der Waals surface area contributed by atoms with Gasteiger partial charge in [0, 0.05) is 11.1 Å². The number of hydrogen-bond donors (Lipinski definition) is 3. The van der Waals surface area contributed by atoms with E-state index < -0.39 is 0 Å². The third kappa shape index (κ3) is 2.91. The molecule has 0 fully saturated rings. The van der Waals surface area contributed by atoms with E-state index in [4.69, 9.17) is 10.6 Å². The first-order valence-electron chi connectivity index (χ1n) is 5.70. The van der Waals surface area contributed by atoms with Crippen LogP contribution in [0.25, 0.3) is 0 Å². The van der Waals surface area contributed by atoms with E-state index in [2.05, 4.69) is 25.7 Å². The summed E-state index contributed by atoms with van der Waals surface area (Å²) >= 11 is 1.60. The summed E-state index contributed by atoms with van der Waals surface area (Å²) in [4.78, 5) is 12.6. The fourth-order valence-corrected chi connectivity index (χ4v) is 2.41. The quantitative estimate of drug-likeness (QED) is 0.566. The molecule has 0 saturated carbocycles. The third-order valence-electron chi connectivity index (χ3n) is 2.51. The highest BCUT2D eigenvalue weighted by molar-refractivity contribution is 7.09. The molecule has 102 valence electrons. The van der Waals surface area contributed by atoms with Crippen LogP contribution in [-0.4, -0.2) is 22.1 Å². The van der Waals surface area contributed by atoms with E-state index in [0.29, 0.717) is 17.4 Å². The number of nitrogens with one attached hydrogen (secondary N) is 2.